The number of aromatic nitrogens is 1. The summed E-state index contributed by atoms with van der Waals surface area (Å²) >= 11 is 1.84. The molecule has 3 heteroatoms. The summed E-state index contributed by atoms with van der Waals surface area (Å²) in [6.45, 7) is 6.17. The Balaban J connectivity index is 1.90. The van der Waals surface area contributed by atoms with Crippen LogP contribution in [0.5, 0.6) is 0 Å². The lowest BCUT2D eigenvalue weighted by Gasteiger charge is -2.07. The second kappa shape index (κ2) is 5.94. The van der Waals surface area contributed by atoms with Gasteiger partial charge in [-0.05, 0) is 47.5 Å². The molecule has 0 atom stereocenters. The first kappa shape index (κ1) is 12.3. The quantitative estimate of drug-likeness (QED) is 0.875. The molecule has 0 spiro atoms. The lowest BCUT2D eigenvalue weighted by molar-refractivity contribution is 0.692. The average Bonchev–Trinajstić information content (AvgIpc) is 2.79. The van der Waals surface area contributed by atoms with Gasteiger partial charge in [0.05, 0.1) is 0 Å². The van der Waals surface area contributed by atoms with Crippen LogP contribution in [0.3, 0.4) is 0 Å². The Hall–Kier alpha value is -1.19. The lowest BCUT2D eigenvalue weighted by atomic mass is 10.1. The zero-order valence-corrected chi connectivity index (χ0v) is 11.2. The summed E-state index contributed by atoms with van der Waals surface area (Å²) < 4.78 is 0. The third kappa shape index (κ3) is 3.14. The molecule has 0 saturated carbocycles. The van der Waals surface area contributed by atoms with Crippen molar-refractivity contribution in [3.05, 3.63) is 51.5 Å². The van der Waals surface area contributed by atoms with E-state index in [4.69, 9.17) is 0 Å². The van der Waals surface area contributed by atoms with Gasteiger partial charge in [-0.3, -0.25) is 4.98 Å². The fourth-order valence-corrected chi connectivity index (χ4v) is 2.78. The Bertz CT molecular complexity index is 477. The van der Waals surface area contributed by atoms with E-state index in [1.807, 2.05) is 23.7 Å². The van der Waals surface area contributed by atoms with E-state index in [0.29, 0.717) is 0 Å². The minimum Gasteiger partial charge on any atom is -0.308 e. The molecule has 2 aromatic rings. The highest BCUT2D eigenvalue weighted by atomic mass is 32.1. The number of nitrogens with zero attached hydrogens (tertiary/aromatic N) is 1. The van der Waals surface area contributed by atoms with Crippen LogP contribution in [-0.4, -0.2) is 4.98 Å². The topological polar surface area (TPSA) is 24.9 Å². The SMILES string of the molecule is CCc1ccsc1CNCc1cnccc1C. The maximum absolute atomic E-state index is 4.16. The first-order valence-electron chi connectivity index (χ1n) is 5.96. The predicted octanol–water partition coefficient (Wildman–Crippen LogP) is 3.30. The summed E-state index contributed by atoms with van der Waals surface area (Å²) in [4.78, 5) is 5.61. The summed E-state index contributed by atoms with van der Waals surface area (Å²) in [6.07, 6.45) is 4.90. The van der Waals surface area contributed by atoms with E-state index in [0.717, 1.165) is 19.5 Å². The molecule has 0 bridgehead atoms. The molecule has 2 aromatic heterocycles. The lowest BCUT2D eigenvalue weighted by Crippen LogP contribution is -2.13. The molecule has 0 aliphatic heterocycles. The van der Waals surface area contributed by atoms with Crippen molar-refractivity contribution >= 4 is 11.3 Å². The average molecular weight is 246 g/mol. The van der Waals surface area contributed by atoms with E-state index in [1.165, 1.54) is 21.6 Å². The van der Waals surface area contributed by atoms with Crippen LogP contribution in [0.25, 0.3) is 0 Å². The van der Waals surface area contributed by atoms with E-state index < -0.39 is 0 Å². The third-order valence-electron chi connectivity index (χ3n) is 2.97. The van der Waals surface area contributed by atoms with Crippen molar-refractivity contribution in [3.8, 4) is 0 Å². The van der Waals surface area contributed by atoms with Crippen molar-refractivity contribution in [1.29, 1.82) is 0 Å². The van der Waals surface area contributed by atoms with Gasteiger partial charge in [0, 0.05) is 30.4 Å². The van der Waals surface area contributed by atoms with Crippen LogP contribution in [0.2, 0.25) is 0 Å². The number of hydrogen-bond donors (Lipinski definition) is 1. The predicted molar refractivity (Wildman–Crippen MR) is 73.2 cm³/mol. The van der Waals surface area contributed by atoms with Crippen molar-refractivity contribution in [3.63, 3.8) is 0 Å². The largest absolute Gasteiger partial charge is 0.308 e. The zero-order chi connectivity index (χ0) is 12.1. The number of rotatable bonds is 5. The van der Waals surface area contributed by atoms with Gasteiger partial charge in [-0.1, -0.05) is 6.92 Å². The molecule has 0 radical (unpaired) electrons. The smallest absolute Gasteiger partial charge is 0.0315 e. The highest BCUT2D eigenvalue weighted by Gasteiger charge is 2.02. The second-order valence-electron chi connectivity index (χ2n) is 4.13. The van der Waals surface area contributed by atoms with Crippen LogP contribution in [-0.2, 0) is 19.5 Å². The number of hydrogen-bond acceptors (Lipinski definition) is 3. The van der Waals surface area contributed by atoms with Gasteiger partial charge in [0.25, 0.3) is 0 Å². The summed E-state index contributed by atoms with van der Waals surface area (Å²) in [6, 6.07) is 4.27. The minimum atomic E-state index is 0.890. The van der Waals surface area contributed by atoms with Gasteiger partial charge in [-0.25, -0.2) is 0 Å². The summed E-state index contributed by atoms with van der Waals surface area (Å²) in [5, 5.41) is 5.66. The van der Waals surface area contributed by atoms with Crippen LogP contribution < -0.4 is 5.32 Å². The molecular formula is C14H18N2S. The maximum Gasteiger partial charge on any atom is 0.0315 e. The molecule has 1 N–H and O–H groups in total. The molecule has 2 nitrogen and oxygen atoms in total. The molecule has 90 valence electrons. The molecule has 0 amide bonds. The number of thiophene rings is 1. The Labute approximate surface area is 107 Å². The highest BCUT2D eigenvalue weighted by molar-refractivity contribution is 7.10. The standard InChI is InChI=1S/C14H18N2S/c1-3-12-5-7-17-14(12)10-16-9-13-8-15-6-4-11(13)2/h4-8,16H,3,9-10H2,1-2H3. The van der Waals surface area contributed by atoms with Crippen molar-refractivity contribution in [2.75, 3.05) is 0 Å². The molecule has 17 heavy (non-hydrogen) atoms. The molecule has 0 unspecified atom stereocenters. The van der Waals surface area contributed by atoms with Crippen LogP contribution in [0.1, 0.15) is 28.5 Å². The first-order chi connectivity index (χ1) is 8.31. The van der Waals surface area contributed by atoms with Crippen LogP contribution in [0.4, 0.5) is 0 Å². The van der Waals surface area contributed by atoms with Gasteiger partial charge in [-0.15, -0.1) is 11.3 Å². The summed E-state index contributed by atoms with van der Waals surface area (Å²) in [7, 11) is 0. The minimum absolute atomic E-state index is 0.890. The van der Waals surface area contributed by atoms with Gasteiger partial charge in [-0.2, -0.15) is 0 Å². The molecule has 0 saturated heterocycles. The van der Waals surface area contributed by atoms with Crippen molar-refractivity contribution < 1.29 is 0 Å². The number of aryl methyl sites for hydroxylation is 2. The molecule has 2 rings (SSSR count). The Morgan fingerprint density at radius 1 is 1.24 bits per heavy atom. The normalized spacial score (nSPS) is 10.7. The fourth-order valence-electron chi connectivity index (χ4n) is 1.83. The van der Waals surface area contributed by atoms with Crippen LogP contribution in [0, 0.1) is 6.92 Å². The molecule has 0 aliphatic carbocycles. The highest BCUT2D eigenvalue weighted by Crippen LogP contribution is 2.17. The van der Waals surface area contributed by atoms with Crippen LogP contribution in [0.15, 0.2) is 29.9 Å². The fraction of sp³-hybridized carbons (Fsp3) is 0.357. The van der Waals surface area contributed by atoms with E-state index in [9.17, 15) is 0 Å². The van der Waals surface area contributed by atoms with Crippen LogP contribution >= 0.6 is 11.3 Å². The summed E-state index contributed by atoms with van der Waals surface area (Å²) in [5.41, 5.74) is 4.04. The van der Waals surface area contributed by atoms with Gasteiger partial charge >= 0.3 is 0 Å². The zero-order valence-electron chi connectivity index (χ0n) is 10.4. The van der Waals surface area contributed by atoms with Gasteiger partial charge in [0.1, 0.15) is 0 Å². The molecule has 0 aliphatic rings. The molecule has 2 heterocycles. The molecule has 0 aromatic carbocycles. The molecule has 0 fully saturated rings. The second-order valence-corrected chi connectivity index (χ2v) is 5.13. The Morgan fingerprint density at radius 2 is 2.12 bits per heavy atom. The first-order valence-corrected chi connectivity index (χ1v) is 6.84. The van der Waals surface area contributed by atoms with E-state index in [-0.39, 0.29) is 0 Å². The monoisotopic (exact) mass is 246 g/mol. The van der Waals surface area contributed by atoms with Crippen molar-refractivity contribution in [2.24, 2.45) is 0 Å². The number of pyridine rings is 1. The molecular weight excluding hydrogens is 228 g/mol. The third-order valence-corrected chi connectivity index (χ3v) is 3.93. The summed E-state index contributed by atoms with van der Waals surface area (Å²) in [5.74, 6) is 0. The van der Waals surface area contributed by atoms with E-state index in [2.05, 4.69) is 41.7 Å². The van der Waals surface area contributed by atoms with Gasteiger partial charge in [0.2, 0.25) is 0 Å². The maximum atomic E-state index is 4.16. The Kier molecular flexibility index (Phi) is 4.29. The van der Waals surface area contributed by atoms with Crippen molar-refractivity contribution in [2.45, 2.75) is 33.4 Å². The van der Waals surface area contributed by atoms with Crippen molar-refractivity contribution in [1.82, 2.24) is 10.3 Å². The van der Waals surface area contributed by atoms with E-state index >= 15 is 0 Å². The van der Waals surface area contributed by atoms with E-state index in [1.54, 1.807) is 0 Å². The van der Waals surface area contributed by atoms with Gasteiger partial charge < -0.3 is 5.32 Å². The van der Waals surface area contributed by atoms with Gasteiger partial charge in [0.15, 0.2) is 0 Å². The Morgan fingerprint density at radius 3 is 2.88 bits per heavy atom. The number of nitrogens with one attached hydrogen (secondary N) is 1.